The number of hydrogen-bond acceptors (Lipinski definition) is 2. The number of nitrogens with one attached hydrogen (secondary N) is 1. The average Bonchev–Trinajstić information content (AvgIpc) is 2.72. The molecule has 0 radical (unpaired) electrons. The maximum absolute atomic E-state index is 5.75. The number of ether oxygens (including phenoxy) is 1. The SMILES string of the molecule is COC1(CNC2C(C)(C)[C@H]3CC[C@]2(C)C3)CCC1. The van der Waals surface area contributed by atoms with Crippen LogP contribution in [0.3, 0.4) is 0 Å². The molecule has 1 N–H and O–H groups in total. The lowest BCUT2D eigenvalue weighted by atomic mass is 9.68. The number of fused-ring (bicyclic) bond motifs is 2. The van der Waals surface area contributed by atoms with Crippen LogP contribution in [0.5, 0.6) is 0 Å². The van der Waals surface area contributed by atoms with Crippen molar-refractivity contribution in [1.82, 2.24) is 5.32 Å². The van der Waals surface area contributed by atoms with E-state index >= 15 is 0 Å². The molecule has 0 heterocycles. The molecule has 2 nitrogen and oxygen atoms in total. The van der Waals surface area contributed by atoms with Gasteiger partial charge in [0.25, 0.3) is 0 Å². The molecule has 3 aliphatic rings. The van der Waals surface area contributed by atoms with Crippen molar-refractivity contribution < 1.29 is 4.74 Å². The van der Waals surface area contributed by atoms with Gasteiger partial charge in [-0.3, -0.25) is 0 Å². The van der Waals surface area contributed by atoms with Crippen LogP contribution in [0.15, 0.2) is 0 Å². The van der Waals surface area contributed by atoms with Crippen LogP contribution in [-0.2, 0) is 4.74 Å². The summed E-state index contributed by atoms with van der Waals surface area (Å²) >= 11 is 0. The predicted molar refractivity (Wildman–Crippen MR) is 74.6 cm³/mol. The standard InChI is InChI=1S/C16H29NO/c1-14(2)12-6-9-15(3,10-12)13(14)17-11-16(18-4)7-5-8-16/h12-13,17H,5-11H2,1-4H3/t12-,13?,15+/m0/s1. The van der Waals surface area contributed by atoms with Crippen molar-refractivity contribution >= 4 is 0 Å². The highest BCUT2D eigenvalue weighted by Crippen LogP contribution is 2.62. The molecule has 0 aromatic heterocycles. The molecule has 2 heteroatoms. The van der Waals surface area contributed by atoms with Gasteiger partial charge in [0.1, 0.15) is 0 Å². The van der Waals surface area contributed by atoms with E-state index in [0.717, 1.165) is 12.5 Å². The lowest BCUT2D eigenvalue weighted by Gasteiger charge is -2.47. The molecule has 3 saturated carbocycles. The molecule has 0 amide bonds. The molecule has 104 valence electrons. The maximum atomic E-state index is 5.75. The zero-order valence-corrected chi connectivity index (χ0v) is 12.5. The average molecular weight is 251 g/mol. The van der Waals surface area contributed by atoms with Crippen molar-refractivity contribution in [2.75, 3.05) is 13.7 Å². The van der Waals surface area contributed by atoms with Crippen molar-refractivity contribution in [1.29, 1.82) is 0 Å². The molecule has 18 heavy (non-hydrogen) atoms. The van der Waals surface area contributed by atoms with E-state index < -0.39 is 0 Å². The summed E-state index contributed by atoms with van der Waals surface area (Å²) in [6.07, 6.45) is 8.10. The molecule has 2 bridgehead atoms. The van der Waals surface area contributed by atoms with E-state index in [1.54, 1.807) is 0 Å². The maximum Gasteiger partial charge on any atom is 0.0802 e. The summed E-state index contributed by atoms with van der Waals surface area (Å²) in [5.41, 5.74) is 1.16. The van der Waals surface area contributed by atoms with Gasteiger partial charge in [0.2, 0.25) is 0 Å². The molecule has 0 aromatic rings. The largest absolute Gasteiger partial charge is 0.377 e. The van der Waals surface area contributed by atoms with E-state index in [9.17, 15) is 0 Å². The first kappa shape index (κ1) is 12.9. The Labute approximate surface area is 112 Å². The molecule has 3 rings (SSSR count). The van der Waals surface area contributed by atoms with Crippen LogP contribution in [0.1, 0.15) is 59.3 Å². The lowest BCUT2D eigenvalue weighted by molar-refractivity contribution is -0.0761. The molecular weight excluding hydrogens is 222 g/mol. The molecule has 3 fully saturated rings. The first-order valence-corrected chi connectivity index (χ1v) is 7.70. The second-order valence-electron chi connectivity index (χ2n) is 7.97. The van der Waals surface area contributed by atoms with E-state index in [1.807, 2.05) is 7.11 Å². The van der Waals surface area contributed by atoms with Crippen molar-refractivity contribution in [2.24, 2.45) is 16.7 Å². The first-order chi connectivity index (χ1) is 8.42. The number of rotatable bonds is 4. The van der Waals surface area contributed by atoms with Gasteiger partial charge < -0.3 is 10.1 Å². The molecule has 0 aliphatic heterocycles. The van der Waals surface area contributed by atoms with Gasteiger partial charge in [-0.1, -0.05) is 20.8 Å². The van der Waals surface area contributed by atoms with Crippen LogP contribution >= 0.6 is 0 Å². The Hall–Kier alpha value is -0.0800. The first-order valence-electron chi connectivity index (χ1n) is 7.70. The Balaban J connectivity index is 1.69. The minimum Gasteiger partial charge on any atom is -0.377 e. The van der Waals surface area contributed by atoms with Gasteiger partial charge in [-0.25, -0.2) is 0 Å². The van der Waals surface area contributed by atoms with Crippen molar-refractivity contribution in [2.45, 2.75) is 70.9 Å². The Morgan fingerprint density at radius 1 is 1.17 bits per heavy atom. The molecule has 3 aliphatic carbocycles. The summed E-state index contributed by atoms with van der Waals surface area (Å²) in [7, 11) is 1.88. The van der Waals surface area contributed by atoms with Gasteiger partial charge >= 0.3 is 0 Å². The van der Waals surface area contributed by atoms with Crippen LogP contribution in [0.4, 0.5) is 0 Å². The van der Waals surface area contributed by atoms with Crippen LogP contribution in [-0.4, -0.2) is 25.3 Å². The lowest BCUT2D eigenvalue weighted by Crippen LogP contribution is -2.57. The summed E-state index contributed by atoms with van der Waals surface area (Å²) in [5, 5.41) is 3.91. The van der Waals surface area contributed by atoms with Gasteiger partial charge in [-0.15, -0.1) is 0 Å². The molecule has 0 aromatic carbocycles. The van der Waals surface area contributed by atoms with E-state index in [1.165, 1.54) is 38.5 Å². The molecule has 0 saturated heterocycles. The van der Waals surface area contributed by atoms with Gasteiger partial charge in [-0.2, -0.15) is 0 Å². The summed E-state index contributed by atoms with van der Waals surface area (Å²) in [5.74, 6) is 0.930. The van der Waals surface area contributed by atoms with E-state index in [4.69, 9.17) is 4.74 Å². The minimum absolute atomic E-state index is 0.161. The van der Waals surface area contributed by atoms with Gasteiger partial charge in [0.15, 0.2) is 0 Å². The summed E-state index contributed by atoms with van der Waals surface area (Å²) < 4.78 is 5.75. The molecule has 3 atom stereocenters. The van der Waals surface area contributed by atoms with Gasteiger partial charge in [0.05, 0.1) is 5.60 Å². The smallest absolute Gasteiger partial charge is 0.0802 e. The van der Waals surface area contributed by atoms with Crippen LogP contribution in [0.25, 0.3) is 0 Å². The molecule has 0 spiro atoms. The topological polar surface area (TPSA) is 21.3 Å². The minimum atomic E-state index is 0.161. The molecule has 1 unspecified atom stereocenters. The second kappa shape index (κ2) is 3.96. The van der Waals surface area contributed by atoms with Crippen LogP contribution < -0.4 is 5.32 Å². The van der Waals surface area contributed by atoms with Crippen molar-refractivity contribution in [3.05, 3.63) is 0 Å². The third-order valence-corrected chi connectivity index (χ3v) is 6.60. The molecular formula is C16H29NO. The van der Waals surface area contributed by atoms with E-state index in [0.29, 0.717) is 16.9 Å². The van der Waals surface area contributed by atoms with Crippen LogP contribution in [0, 0.1) is 16.7 Å². The highest BCUT2D eigenvalue weighted by Gasteiger charge is 2.59. The quantitative estimate of drug-likeness (QED) is 0.827. The number of hydrogen-bond donors (Lipinski definition) is 1. The third kappa shape index (κ3) is 1.68. The van der Waals surface area contributed by atoms with E-state index in [2.05, 4.69) is 26.1 Å². The highest BCUT2D eigenvalue weighted by molar-refractivity contribution is 5.12. The zero-order chi connectivity index (χ0) is 13.0. The van der Waals surface area contributed by atoms with Gasteiger partial charge in [-0.05, 0) is 55.3 Å². The van der Waals surface area contributed by atoms with E-state index in [-0.39, 0.29) is 5.60 Å². The third-order valence-electron chi connectivity index (χ3n) is 6.60. The van der Waals surface area contributed by atoms with Crippen molar-refractivity contribution in [3.63, 3.8) is 0 Å². The Kier molecular flexibility index (Phi) is 2.84. The normalized spacial score (nSPS) is 44.0. The fraction of sp³-hybridized carbons (Fsp3) is 1.00. The zero-order valence-electron chi connectivity index (χ0n) is 12.5. The summed E-state index contributed by atoms with van der Waals surface area (Å²) in [6, 6.07) is 0.677. The Morgan fingerprint density at radius 3 is 2.33 bits per heavy atom. The summed E-state index contributed by atoms with van der Waals surface area (Å²) in [6.45, 7) is 8.50. The fourth-order valence-corrected chi connectivity index (χ4v) is 5.12. The summed E-state index contributed by atoms with van der Waals surface area (Å²) in [4.78, 5) is 0. The Morgan fingerprint density at radius 2 is 1.89 bits per heavy atom. The highest BCUT2D eigenvalue weighted by atomic mass is 16.5. The number of methoxy groups -OCH3 is 1. The second-order valence-corrected chi connectivity index (χ2v) is 7.97. The fourth-order valence-electron chi connectivity index (χ4n) is 5.12. The van der Waals surface area contributed by atoms with Gasteiger partial charge in [0, 0.05) is 19.7 Å². The monoisotopic (exact) mass is 251 g/mol. The van der Waals surface area contributed by atoms with Crippen molar-refractivity contribution in [3.8, 4) is 0 Å². The van der Waals surface area contributed by atoms with Crippen LogP contribution in [0.2, 0.25) is 0 Å². The Bertz CT molecular complexity index is 324. The predicted octanol–water partition coefficient (Wildman–Crippen LogP) is 3.36.